The van der Waals surface area contributed by atoms with Gasteiger partial charge in [0.2, 0.25) is 5.88 Å². The normalized spacial score (nSPS) is 14.4. The van der Waals surface area contributed by atoms with E-state index in [4.69, 9.17) is 25.7 Å². The Balaban J connectivity index is 1.81. The van der Waals surface area contributed by atoms with E-state index in [1.54, 1.807) is 0 Å². The van der Waals surface area contributed by atoms with Crippen LogP contribution in [0.15, 0.2) is 53.7 Å². The lowest BCUT2D eigenvalue weighted by Gasteiger charge is -2.28. The first-order valence-electron chi connectivity index (χ1n) is 9.65. The number of hydrogen-bond acceptors (Lipinski definition) is 7. The van der Waals surface area contributed by atoms with Crippen LogP contribution in [0.4, 0.5) is 8.78 Å². The Morgan fingerprint density at radius 2 is 1.97 bits per heavy atom. The van der Waals surface area contributed by atoms with Crippen LogP contribution in [0.2, 0.25) is 0 Å². The van der Waals surface area contributed by atoms with Gasteiger partial charge in [-0.2, -0.15) is 13.5 Å². The fourth-order valence-corrected chi connectivity index (χ4v) is 2.96. The molecule has 3 rings (SSSR count). The van der Waals surface area contributed by atoms with E-state index < -0.39 is 22.8 Å². The SMILES string of the molecule is C=C(C=NC(=N)c1cccc(C(F)(F)C(=N)n2nc(OC)ccc2=N)c1)N1CCOCC1. The lowest BCUT2D eigenvalue weighted by atomic mass is 10.0. The highest BCUT2D eigenvalue weighted by Gasteiger charge is 2.39. The summed E-state index contributed by atoms with van der Waals surface area (Å²) >= 11 is 0. The molecule has 0 bridgehead atoms. The number of aliphatic imine (C=N–C) groups is 1. The predicted octanol–water partition coefficient (Wildman–Crippen LogP) is 2.23. The first-order chi connectivity index (χ1) is 15.2. The van der Waals surface area contributed by atoms with E-state index >= 15 is 8.78 Å². The molecule has 1 fully saturated rings. The van der Waals surface area contributed by atoms with Crippen LogP contribution in [0.5, 0.6) is 5.88 Å². The minimum Gasteiger partial charge on any atom is -0.480 e. The molecule has 3 N–H and O–H groups in total. The second kappa shape index (κ2) is 9.60. The summed E-state index contributed by atoms with van der Waals surface area (Å²) in [6, 6.07) is 7.63. The van der Waals surface area contributed by atoms with Gasteiger partial charge in [-0.1, -0.05) is 24.8 Å². The third-order valence-corrected chi connectivity index (χ3v) is 4.79. The maximum absolute atomic E-state index is 15.1. The molecule has 0 unspecified atom stereocenters. The third kappa shape index (κ3) is 4.94. The van der Waals surface area contributed by atoms with Gasteiger partial charge in [0.25, 0.3) is 0 Å². The number of halogens is 2. The molecular weight excluding hydrogens is 420 g/mol. The number of ether oxygens (including phenoxy) is 2. The number of methoxy groups -OCH3 is 1. The van der Waals surface area contributed by atoms with Gasteiger partial charge in [-0.3, -0.25) is 16.2 Å². The number of hydrogen-bond donors (Lipinski definition) is 3. The van der Waals surface area contributed by atoms with Crippen molar-refractivity contribution >= 4 is 17.9 Å². The van der Waals surface area contributed by atoms with Gasteiger partial charge in [-0.05, 0) is 12.1 Å². The number of benzene rings is 1. The van der Waals surface area contributed by atoms with Crippen LogP contribution in [-0.2, 0) is 10.7 Å². The van der Waals surface area contributed by atoms with Crippen LogP contribution in [0.3, 0.4) is 0 Å². The molecular formula is C21H23F2N7O2. The molecule has 2 aromatic rings. The zero-order valence-corrected chi connectivity index (χ0v) is 17.4. The van der Waals surface area contributed by atoms with E-state index in [1.807, 2.05) is 4.90 Å². The summed E-state index contributed by atoms with van der Waals surface area (Å²) in [5.41, 5.74) is -0.172. The van der Waals surface area contributed by atoms with Crippen molar-refractivity contribution in [3.63, 3.8) is 0 Å². The summed E-state index contributed by atoms with van der Waals surface area (Å²) < 4.78 is 40.9. The standard InChI is InChI=1S/C21H23F2N7O2/c1-14(29-8-10-32-11-9-29)13-27-19(25)15-4-3-5-16(12-15)21(22,23)20(26)30-17(24)6-7-18(28-30)31-2/h3-7,12-13,24-26H,1,8-11H2,2H3. The van der Waals surface area contributed by atoms with E-state index in [9.17, 15) is 0 Å². The van der Waals surface area contributed by atoms with Crippen LogP contribution in [-0.4, -0.2) is 66.0 Å². The number of nitrogens with one attached hydrogen (secondary N) is 3. The number of nitrogens with zero attached hydrogens (tertiary/aromatic N) is 4. The minimum atomic E-state index is -3.78. The quantitative estimate of drug-likeness (QED) is 0.468. The fraction of sp³-hybridized carbons (Fsp3) is 0.286. The monoisotopic (exact) mass is 443 g/mol. The van der Waals surface area contributed by atoms with Gasteiger partial charge in [0.15, 0.2) is 11.7 Å². The van der Waals surface area contributed by atoms with Crippen LogP contribution in [0.1, 0.15) is 11.1 Å². The van der Waals surface area contributed by atoms with Crippen LogP contribution in [0, 0.1) is 16.2 Å². The summed E-state index contributed by atoms with van der Waals surface area (Å²) in [5, 5.41) is 27.7. The zero-order chi connectivity index (χ0) is 23.3. The van der Waals surface area contributed by atoms with Gasteiger partial charge in [0, 0.05) is 36.0 Å². The number of morpholine rings is 1. The minimum absolute atomic E-state index is 0.00749. The van der Waals surface area contributed by atoms with Gasteiger partial charge >= 0.3 is 5.92 Å². The molecule has 9 nitrogen and oxygen atoms in total. The molecule has 0 aliphatic carbocycles. The molecule has 1 saturated heterocycles. The summed E-state index contributed by atoms with van der Waals surface area (Å²) in [6.45, 7) is 6.40. The molecule has 0 amide bonds. The van der Waals surface area contributed by atoms with Crippen molar-refractivity contribution < 1.29 is 18.3 Å². The Hall–Kier alpha value is -3.73. The lowest BCUT2D eigenvalue weighted by Crippen LogP contribution is -2.39. The molecule has 0 radical (unpaired) electrons. The van der Waals surface area contributed by atoms with Gasteiger partial charge in [-0.15, -0.1) is 5.10 Å². The zero-order valence-electron chi connectivity index (χ0n) is 17.4. The van der Waals surface area contributed by atoms with Crippen molar-refractivity contribution in [1.29, 1.82) is 16.2 Å². The van der Waals surface area contributed by atoms with E-state index in [0.717, 1.165) is 12.1 Å². The predicted molar refractivity (Wildman–Crippen MR) is 115 cm³/mol. The Bertz CT molecular complexity index is 1120. The molecule has 168 valence electrons. The molecule has 32 heavy (non-hydrogen) atoms. The molecule has 11 heteroatoms. The fourth-order valence-electron chi connectivity index (χ4n) is 2.96. The van der Waals surface area contributed by atoms with Crippen molar-refractivity contribution in [2.24, 2.45) is 4.99 Å². The smallest absolute Gasteiger partial charge is 0.331 e. The number of alkyl halides is 2. The number of aromatic nitrogens is 2. The number of amidine groups is 1. The van der Waals surface area contributed by atoms with E-state index in [0.29, 0.717) is 36.7 Å². The second-order valence-electron chi connectivity index (χ2n) is 6.87. The van der Waals surface area contributed by atoms with Gasteiger partial charge in [0.05, 0.1) is 26.5 Å². The summed E-state index contributed by atoms with van der Waals surface area (Å²) in [5.74, 6) is -5.23. The van der Waals surface area contributed by atoms with E-state index in [1.165, 1.54) is 37.6 Å². The Kier molecular flexibility index (Phi) is 6.89. The average molecular weight is 443 g/mol. The molecule has 1 aliphatic rings. The van der Waals surface area contributed by atoms with Gasteiger partial charge in [-0.25, -0.2) is 4.99 Å². The highest BCUT2D eigenvalue weighted by atomic mass is 19.3. The van der Waals surface area contributed by atoms with Crippen LogP contribution >= 0.6 is 0 Å². The topological polar surface area (TPSA) is 123 Å². The van der Waals surface area contributed by atoms with Gasteiger partial charge in [0.1, 0.15) is 5.49 Å². The van der Waals surface area contributed by atoms with E-state index in [-0.39, 0.29) is 17.3 Å². The molecule has 2 heterocycles. The van der Waals surface area contributed by atoms with Crippen molar-refractivity contribution in [1.82, 2.24) is 14.7 Å². The molecule has 0 spiro atoms. The second-order valence-corrected chi connectivity index (χ2v) is 6.87. The van der Waals surface area contributed by atoms with Crippen LogP contribution in [0.25, 0.3) is 0 Å². The average Bonchev–Trinajstić information content (AvgIpc) is 2.82. The number of rotatable bonds is 6. The largest absolute Gasteiger partial charge is 0.480 e. The molecule has 0 saturated carbocycles. The van der Waals surface area contributed by atoms with Crippen molar-refractivity contribution in [2.75, 3.05) is 33.4 Å². The third-order valence-electron chi connectivity index (χ3n) is 4.79. The summed E-state index contributed by atoms with van der Waals surface area (Å²) in [7, 11) is 1.31. The van der Waals surface area contributed by atoms with Crippen molar-refractivity contribution in [2.45, 2.75) is 5.92 Å². The van der Waals surface area contributed by atoms with Crippen LogP contribution < -0.4 is 10.2 Å². The molecule has 1 aliphatic heterocycles. The van der Waals surface area contributed by atoms with E-state index in [2.05, 4.69) is 16.7 Å². The highest BCUT2D eigenvalue weighted by molar-refractivity contribution is 6.03. The Labute approximate surface area is 183 Å². The Morgan fingerprint density at radius 1 is 1.25 bits per heavy atom. The van der Waals surface area contributed by atoms with Crippen molar-refractivity contribution in [3.05, 3.63) is 65.3 Å². The summed E-state index contributed by atoms with van der Waals surface area (Å²) in [6.07, 6.45) is 1.42. The molecule has 1 aromatic carbocycles. The molecule has 0 atom stereocenters. The highest BCUT2D eigenvalue weighted by Crippen LogP contribution is 2.30. The first kappa shape index (κ1) is 22.9. The lowest BCUT2D eigenvalue weighted by molar-refractivity contribution is 0.0569. The van der Waals surface area contributed by atoms with Gasteiger partial charge < -0.3 is 14.4 Å². The Morgan fingerprint density at radius 3 is 2.66 bits per heavy atom. The summed E-state index contributed by atoms with van der Waals surface area (Å²) in [4.78, 5) is 6.01. The number of allylic oxidation sites excluding steroid dienone is 1. The van der Waals surface area contributed by atoms with Crippen molar-refractivity contribution in [3.8, 4) is 5.88 Å². The first-order valence-corrected chi connectivity index (χ1v) is 9.65. The molecule has 1 aromatic heterocycles. The maximum atomic E-state index is 15.1. The maximum Gasteiger partial charge on any atom is 0.331 e.